The van der Waals surface area contributed by atoms with Gasteiger partial charge in [-0.1, -0.05) is 18.2 Å². The van der Waals surface area contributed by atoms with Crippen molar-refractivity contribution in [1.29, 1.82) is 0 Å². The Kier molecular flexibility index (Phi) is 5.69. The smallest absolute Gasteiger partial charge is 0.251 e. The minimum absolute atomic E-state index is 0.0715. The molecule has 0 aliphatic heterocycles. The van der Waals surface area contributed by atoms with Gasteiger partial charge in [0, 0.05) is 28.9 Å². The Bertz CT molecular complexity index is 808. The average molecular weight is 350 g/mol. The van der Waals surface area contributed by atoms with Crippen molar-refractivity contribution in [2.75, 3.05) is 11.9 Å². The van der Waals surface area contributed by atoms with Gasteiger partial charge >= 0.3 is 0 Å². The minimum Gasteiger partial charge on any atom is -0.493 e. The Morgan fingerprint density at radius 2 is 1.85 bits per heavy atom. The van der Waals surface area contributed by atoms with Crippen LogP contribution in [0.1, 0.15) is 35.7 Å². The molecule has 5 heteroatoms. The maximum absolute atomic E-state index is 12.1. The summed E-state index contributed by atoms with van der Waals surface area (Å²) in [5.74, 6) is 0.425. The Morgan fingerprint density at radius 1 is 1.12 bits per heavy atom. The maximum atomic E-state index is 12.1. The van der Waals surface area contributed by atoms with Gasteiger partial charge in [0.15, 0.2) is 0 Å². The van der Waals surface area contributed by atoms with Crippen molar-refractivity contribution in [2.45, 2.75) is 25.8 Å². The molecule has 0 spiro atoms. The fourth-order valence-electron chi connectivity index (χ4n) is 2.46. The summed E-state index contributed by atoms with van der Waals surface area (Å²) in [6.45, 7) is 2.49. The number of para-hydroxylation sites is 1. The zero-order valence-corrected chi connectivity index (χ0v) is 14.7. The topological polar surface area (TPSA) is 67.4 Å². The summed E-state index contributed by atoms with van der Waals surface area (Å²) >= 11 is 0. The normalized spacial score (nSPS) is 13.4. The number of rotatable bonds is 7. The van der Waals surface area contributed by atoms with Crippen molar-refractivity contribution < 1.29 is 14.3 Å². The number of carbonyl (C=O) groups is 2. The van der Waals surface area contributed by atoms with Gasteiger partial charge in [0.2, 0.25) is 5.91 Å². The van der Waals surface area contributed by atoms with Crippen molar-refractivity contribution in [3.63, 3.8) is 0 Å². The van der Waals surface area contributed by atoms with Gasteiger partial charge in [-0.25, -0.2) is 0 Å². The highest BCUT2D eigenvalue weighted by atomic mass is 16.5. The number of anilines is 1. The molecular formula is C21H22N2O3. The van der Waals surface area contributed by atoms with Crippen LogP contribution in [0.3, 0.4) is 0 Å². The summed E-state index contributed by atoms with van der Waals surface area (Å²) in [5.41, 5.74) is 2.08. The number of amides is 2. The lowest BCUT2D eigenvalue weighted by atomic mass is 10.1. The van der Waals surface area contributed by atoms with Crippen molar-refractivity contribution in [2.24, 2.45) is 0 Å². The van der Waals surface area contributed by atoms with Gasteiger partial charge in [-0.05, 0) is 56.2 Å². The summed E-state index contributed by atoms with van der Waals surface area (Å²) in [6.07, 6.45) is 5.29. The van der Waals surface area contributed by atoms with Gasteiger partial charge in [0.1, 0.15) is 5.75 Å². The van der Waals surface area contributed by atoms with E-state index in [0.29, 0.717) is 23.9 Å². The van der Waals surface area contributed by atoms with Crippen LogP contribution in [0.4, 0.5) is 5.69 Å². The molecule has 134 valence electrons. The van der Waals surface area contributed by atoms with Gasteiger partial charge < -0.3 is 15.4 Å². The van der Waals surface area contributed by atoms with E-state index in [1.54, 1.807) is 30.3 Å². The van der Waals surface area contributed by atoms with E-state index < -0.39 is 0 Å². The summed E-state index contributed by atoms with van der Waals surface area (Å²) in [6, 6.07) is 14.7. The van der Waals surface area contributed by atoms with Crippen LogP contribution in [0.15, 0.2) is 54.6 Å². The summed E-state index contributed by atoms with van der Waals surface area (Å²) < 4.78 is 5.53. The number of carbonyl (C=O) groups excluding carboxylic acids is 2. The molecule has 2 aromatic carbocycles. The molecule has 2 amide bonds. The number of hydrogen-bond donors (Lipinski definition) is 2. The van der Waals surface area contributed by atoms with Crippen LogP contribution in [0.25, 0.3) is 6.08 Å². The first-order valence-electron chi connectivity index (χ1n) is 8.77. The third-order valence-electron chi connectivity index (χ3n) is 3.96. The van der Waals surface area contributed by atoms with E-state index in [-0.39, 0.29) is 11.8 Å². The van der Waals surface area contributed by atoms with Crippen LogP contribution in [0.5, 0.6) is 5.75 Å². The fraction of sp³-hybridized carbons (Fsp3) is 0.238. The van der Waals surface area contributed by atoms with Crippen molar-refractivity contribution >= 4 is 23.6 Å². The van der Waals surface area contributed by atoms with Crippen LogP contribution >= 0.6 is 0 Å². The van der Waals surface area contributed by atoms with E-state index in [9.17, 15) is 9.59 Å². The van der Waals surface area contributed by atoms with Gasteiger partial charge in [-0.2, -0.15) is 0 Å². The van der Waals surface area contributed by atoms with Crippen molar-refractivity contribution in [3.05, 3.63) is 65.7 Å². The Hall–Kier alpha value is -3.08. The molecule has 2 N–H and O–H groups in total. The second-order valence-electron chi connectivity index (χ2n) is 6.12. The average Bonchev–Trinajstić information content (AvgIpc) is 3.46. The first kappa shape index (κ1) is 17.7. The molecule has 0 unspecified atom stereocenters. The van der Waals surface area contributed by atoms with Crippen LogP contribution < -0.4 is 15.4 Å². The third-order valence-corrected chi connectivity index (χ3v) is 3.96. The van der Waals surface area contributed by atoms with E-state index in [1.165, 1.54) is 6.08 Å². The summed E-state index contributed by atoms with van der Waals surface area (Å²) in [7, 11) is 0. The van der Waals surface area contributed by atoms with Crippen LogP contribution in [-0.4, -0.2) is 24.5 Å². The number of hydrogen-bond acceptors (Lipinski definition) is 3. The molecule has 0 bridgehead atoms. The van der Waals surface area contributed by atoms with E-state index in [1.807, 2.05) is 31.2 Å². The van der Waals surface area contributed by atoms with E-state index >= 15 is 0 Å². The molecule has 0 heterocycles. The van der Waals surface area contributed by atoms with Crippen molar-refractivity contribution in [3.8, 4) is 5.75 Å². The molecule has 1 fully saturated rings. The molecule has 0 saturated heterocycles. The van der Waals surface area contributed by atoms with E-state index in [0.717, 1.165) is 24.2 Å². The highest BCUT2D eigenvalue weighted by molar-refractivity contribution is 6.02. The molecule has 3 rings (SSSR count). The van der Waals surface area contributed by atoms with E-state index in [4.69, 9.17) is 4.74 Å². The number of benzene rings is 2. The summed E-state index contributed by atoms with van der Waals surface area (Å²) in [5, 5.41) is 5.72. The largest absolute Gasteiger partial charge is 0.493 e. The molecule has 1 saturated carbocycles. The SMILES string of the molecule is CCOc1ccccc1/C=C/C(=O)Nc1ccc(C(=O)NC2CC2)cc1. The minimum atomic E-state index is -0.244. The van der Waals surface area contributed by atoms with Crippen LogP contribution in [0, 0.1) is 0 Å². The zero-order valence-electron chi connectivity index (χ0n) is 14.7. The summed E-state index contributed by atoms with van der Waals surface area (Å²) in [4.78, 5) is 24.1. The first-order chi connectivity index (χ1) is 12.7. The lowest BCUT2D eigenvalue weighted by molar-refractivity contribution is -0.111. The maximum Gasteiger partial charge on any atom is 0.251 e. The molecule has 5 nitrogen and oxygen atoms in total. The predicted octanol–water partition coefficient (Wildman–Crippen LogP) is 3.63. The highest BCUT2D eigenvalue weighted by Crippen LogP contribution is 2.20. The Morgan fingerprint density at radius 3 is 2.54 bits per heavy atom. The Labute approximate surface area is 153 Å². The lowest BCUT2D eigenvalue weighted by Gasteiger charge is -2.07. The zero-order chi connectivity index (χ0) is 18.4. The first-order valence-corrected chi connectivity index (χ1v) is 8.77. The highest BCUT2D eigenvalue weighted by Gasteiger charge is 2.23. The quantitative estimate of drug-likeness (QED) is 0.749. The standard InChI is InChI=1S/C21H22N2O3/c1-2-26-19-6-4-3-5-15(19)9-14-20(24)22-17-10-7-16(8-11-17)21(25)23-18-12-13-18/h3-11,14,18H,2,12-13H2,1H3,(H,22,24)(H,23,25)/b14-9+. The molecule has 1 aliphatic rings. The van der Waals surface area contributed by atoms with Crippen molar-refractivity contribution in [1.82, 2.24) is 5.32 Å². The van der Waals surface area contributed by atoms with E-state index in [2.05, 4.69) is 10.6 Å². The molecule has 0 radical (unpaired) electrons. The molecular weight excluding hydrogens is 328 g/mol. The molecule has 0 atom stereocenters. The molecule has 26 heavy (non-hydrogen) atoms. The second kappa shape index (κ2) is 8.34. The van der Waals surface area contributed by atoms with Gasteiger partial charge in [-0.15, -0.1) is 0 Å². The second-order valence-corrected chi connectivity index (χ2v) is 6.12. The predicted molar refractivity (Wildman–Crippen MR) is 102 cm³/mol. The van der Waals surface area contributed by atoms with Gasteiger partial charge in [0.25, 0.3) is 5.91 Å². The fourth-order valence-corrected chi connectivity index (χ4v) is 2.46. The Balaban J connectivity index is 1.58. The van der Waals surface area contributed by atoms with Gasteiger partial charge in [-0.3, -0.25) is 9.59 Å². The molecule has 1 aliphatic carbocycles. The van der Waals surface area contributed by atoms with Crippen LogP contribution in [-0.2, 0) is 4.79 Å². The molecule has 2 aromatic rings. The van der Waals surface area contributed by atoms with Crippen LogP contribution in [0.2, 0.25) is 0 Å². The molecule has 0 aromatic heterocycles. The monoisotopic (exact) mass is 350 g/mol. The third kappa shape index (κ3) is 4.96. The number of nitrogens with one attached hydrogen (secondary N) is 2. The number of ether oxygens (including phenoxy) is 1. The van der Waals surface area contributed by atoms with Gasteiger partial charge in [0.05, 0.1) is 6.61 Å². The lowest BCUT2D eigenvalue weighted by Crippen LogP contribution is -2.25.